The van der Waals surface area contributed by atoms with E-state index in [0.717, 1.165) is 19.4 Å². The Bertz CT molecular complexity index is 296. The second-order valence-electron chi connectivity index (χ2n) is 6.73. The molecule has 1 saturated heterocycles. The minimum Gasteiger partial charge on any atom is -0.301 e. The maximum absolute atomic E-state index is 9.49. The normalized spacial score (nSPS) is 29.2. The highest BCUT2D eigenvalue weighted by atomic mass is 15.2. The molecule has 1 aliphatic heterocycles. The molecule has 0 saturated carbocycles. The van der Waals surface area contributed by atoms with Crippen LogP contribution in [0.2, 0.25) is 0 Å². The molecule has 0 bridgehead atoms. The van der Waals surface area contributed by atoms with Gasteiger partial charge in [0.1, 0.15) is 5.54 Å². The lowest BCUT2D eigenvalue weighted by atomic mass is 9.77. The van der Waals surface area contributed by atoms with E-state index < -0.39 is 0 Å². The fourth-order valence-corrected chi connectivity index (χ4v) is 2.57. The SMILES string of the molecule is C.CN1CCC(C#N)(NC(C)(C)C)CC1(C)C. The Balaban J connectivity index is 0.00000256. The number of nitrogens with zero attached hydrogens (tertiary/aromatic N) is 2. The van der Waals surface area contributed by atoms with E-state index in [1.165, 1.54) is 0 Å². The van der Waals surface area contributed by atoms with Crippen molar-refractivity contribution in [2.24, 2.45) is 0 Å². The van der Waals surface area contributed by atoms with Gasteiger partial charge in [0.15, 0.2) is 0 Å². The van der Waals surface area contributed by atoms with Crippen LogP contribution in [0.4, 0.5) is 0 Å². The molecule has 0 spiro atoms. The van der Waals surface area contributed by atoms with Crippen LogP contribution in [-0.4, -0.2) is 35.1 Å². The van der Waals surface area contributed by atoms with Gasteiger partial charge < -0.3 is 4.90 Å². The topological polar surface area (TPSA) is 39.1 Å². The molecule has 3 heteroatoms. The Kier molecular flexibility index (Phi) is 4.78. The molecule has 100 valence electrons. The minimum absolute atomic E-state index is 0. The highest BCUT2D eigenvalue weighted by Gasteiger charge is 2.44. The van der Waals surface area contributed by atoms with Gasteiger partial charge in [-0.25, -0.2) is 0 Å². The molecular formula is C14H29N3. The predicted octanol–water partition coefficient (Wildman–Crippen LogP) is 2.78. The average molecular weight is 239 g/mol. The van der Waals surface area contributed by atoms with Crippen LogP contribution in [0, 0.1) is 11.3 Å². The summed E-state index contributed by atoms with van der Waals surface area (Å²) in [6, 6.07) is 2.51. The van der Waals surface area contributed by atoms with Crippen LogP contribution < -0.4 is 5.32 Å². The third kappa shape index (κ3) is 3.97. The first-order chi connectivity index (χ1) is 7.10. The number of hydrogen-bond acceptors (Lipinski definition) is 3. The van der Waals surface area contributed by atoms with E-state index in [1.807, 2.05) is 0 Å². The molecule has 0 aromatic carbocycles. The van der Waals surface area contributed by atoms with Gasteiger partial charge in [-0.3, -0.25) is 5.32 Å². The summed E-state index contributed by atoms with van der Waals surface area (Å²) in [5.74, 6) is 0. The number of rotatable bonds is 1. The molecular weight excluding hydrogens is 210 g/mol. The number of piperidine rings is 1. The van der Waals surface area contributed by atoms with E-state index in [0.29, 0.717) is 0 Å². The van der Waals surface area contributed by atoms with Crippen molar-refractivity contribution >= 4 is 0 Å². The summed E-state index contributed by atoms with van der Waals surface area (Å²) >= 11 is 0. The van der Waals surface area contributed by atoms with E-state index >= 15 is 0 Å². The molecule has 1 N–H and O–H groups in total. The maximum atomic E-state index is 9.49. The van der Waals surface area contributed by atoms with Crippen molar-refractivity contribution in [1.29, 1.82) is 5.26 Å². The molecule has 1 unspecified atom stereocenters. The van der Waals surface area contributed by atoms with Crippen LogP contribution in [0.3, 0.4) is 0 Å². The molecule has 0 aliphatic carbocycles. The molecule has 1 atom stereocenters. The van der Waals surface area contributed by atoms with Crippen LogP contribution in [0.1, 0.15) is 54.9 Å². The van der Waals surface area contributed by atoms with Gasteiger partial charge in [0.2, 0.25) is 0 Å². The van der Waals surface area contributed by atoms with Crippen molar-refractivity contribution in [3.8, 4) is 6.07 Å². The van der Waals surface area contributed by atoms with E-state index in [1.54, 1.807) is 0 Å². The maximum Gasteiger partial charge on any atom is 0.110 e. The molecule has 0 aromatic heterocycles. The van der Waals surface area contributed by atoms with E-state index in [4.69, 9.17) is 0 Å². The fourth-order valence-electron chi connectivity index (χ4n) is 2.57. The second-order valence-corrected chi connectivity index (χ2v) is 6.73. The fraction of sp³-hybridized carbons (Fsp3) is 0.929. The van der Waals surface area contributed by atoms with Gasteiger partial charge >= 0.3 is 0 Å². The highest BCUT2D eigenvalue weighted by molar-refractivity contribution is 5.15. The largest absolute Gasteiger partial charge is 0.301 e. The van der Waals surface area contributed by atoms with Gasteiger partial charge in [0.25, 0.3) is 0 Å². The summed E-state index contributed by atoms with van der Waals surface area (Å²) in [5, 5.41) is 13.0. The molecule has 1 rings (SSSR count). The van der Waals surface area contributed by atoms with E-state index in [-0.39, 0.29) is 24.0 Å². The number of nitriles is 1. The van der Waals surface area contributed by atoms with Crippen molar-refractivity contribution in [1.82, 2.24) is 10.2 Å². The molecule has 17 heavy (non-hydrogen) atoms. The first-order valence-electron chi connectivity index (χ1n) is 6.02. The van der Waals surface area contributed by atoms with Crippen molar-refractivity contribution in [2.75, 3.05) is 13.6 Å². The lowest BCUT2D eigenvalue weighted by Crippen LogP contribution is -2.63. The first-order valence-corrected chi connectivity index (χ1v) is 6.02. The van der Waals surface area contributed by atoms with Crippen LogP contribution in [0.15, 0.2) is 0 Å². The standard InChI is InChI=1S/C13H25N3.CH4/c1-11(2,3)15-13(10-14)7-8-16(6)12(4,5)9-13;/h15H,7-9H2,1-6H3;1H4. The Morgan fingerprint density at radius 3 is 2.18 bits per heavy atom. The zero-order chi connectivity index (χ0) is 12.6. The Hall–Kier alpha value is -0.590. The van der Waals surface area contributed by atoms with Gasteiger partial charge in [0.05, 0.1) is 6.07 Å². The smallest absolute Gasteiger partial charge is 0.110 e. The van der Waals surface area contributed by atoms with Gasteiger partial charge in [-0.2, -0.15) is 5.26 Å². The zero-order valence-corrected chi connectivity index (χ0v) is 11.5. The van der Waals surface area contributed by atoms with E-state index in [2.05, 4.69) is 58.0 Å². The van der Waals surface area contributed by atoms with E-state index in [9.17, 15) is 5.26 Å². The van der Waals surface area contributed by atoms with Crippen LogP contribution in [0.5, 0.6) is 0 Å². The van der Waals surface area contributed by atoms with Crippen LogP contribution >= 0.6 is 0 Å². The summed E-state index contributed by atoms with van der Waals surface area (Å²) in [6.45, 7) is 11.8. The van der Waals surface area contributed by atoms with Gasteiger partial charge in [-0.1, -0.05) is 7.43 Å². The van der Waals surface area contributed by atoms with Crippen LogP contribution in [-0.2, 0) is 0 Å². The lowest BCUT2D eigenvalue weighted by molar-refractivity contribution is 0.0523. The first kappa shape index (κ1) is 16.4. The third-order valence-corrected chi connectivity index (χ3v) is 3.47. The Morgan fingerprint density at radius 2 is 1.82 bits per heavy atom. The predicted molar refractivity (Wildman–Crippen MR) is 73.9 cm³/mol. The number of likely N-dealkylation sites (tertiary alicyclic amines) is 1. The highest BCUT2D eigenvalue weighted by Crippen LogP contribution is 2.34. The molecule has 0 amide bonds. The molecule has 1 heterocycles. The van der Waals surface area contributed by atoms with Crippen molar-refractivity contribution in [3.05, 3.63) is 0 Å². The summed E-state index contributed by atoms with van der Waals surface area (Å²) in [4.78, 5) is 2.34. The monoisotopic (exact) mass is 239 g/mol. The summed E-state index contributed by atoms with van der Waals surface area (Å²) in [7, 11) is 2.14. The van der Waals surface area contributed by atoms with Gasteiger partial charge in [-0.05, 0) is 54.5 Å². The van der Waals surface area contributed by atoms with Crippen molar-refractivity contribution < 1.29 is 0 Å². The molecule has 0 radical (unpaired) electrons. The Morgan fingerprint density at radius 1 is 1.29 bits per heavy atom. The summed E-state index contributed by atoms with van der Waals surface area (Å²) in [6.07, 6.45) is 1.78. The lowest BCUT2D eigenvalue weighted by Gasteiger charge is -2.49. The molecule has 1 fully saturated rings. The third-order valence-electron chi connectivity index (χ3n) is 3.47. The summed E-state index contributed by atoms with van der Waals surface area (Å²) < 4.78 is 0. The summed E-state index contributed by atoms with van der Waals surface area (Å²) in [5.41, 5.74) is -0.289. The van der Waals surface area contributed by atoms with Crippen LogP contribution in [0.25, 0.3) is 0 Å². The number of hydrogen-bond donors (Lipinski definition) is 1. The average Bonchev–Trinajstić information content (AvgIpc) is 2.09. The van der Waals surface area contributed by atoms with Gasteiger partial charge in [-0.15, -0.1) is 0 Å². The molecule has 1 aliphatic rings. The molecule has 3 nitrogen and oxygen atoms in total. The number of nitrogens with one attached hydrogen (secondary N) is 1. The van der Waals surface area contributed by atoms with Crippen molar-refractivity contribution in [3.63, 3.8) is 0 Å². The molecule has 0 aromatic rings. The Labute approximate surface area is 107 Å². The minimum atomic E-state index is -0.367. The van der Waals surface area contributed by atoms with Gasteiger partial charge in [0, 0.05) is 17.6 Å². The zero-order valence-electron chi connectivity index (χ0n) is 11.5. The second kappa shape index (κ2) is 4.96. The van der Waals surface area contributed by atoms with Crippen molar-refractivity contribution in [2.45, 2.75) is 71.5 Å². The quantitative estimate of drug-likeness (QED) is 0.765.